The minimum Gasteiger partial charge on any atom is -0.351 e. The number of halogens is 1. The van der Waals surface area contributed by atoms with E-state index in [1.165, 1.54) is 12.1 Å². The number of sulfonamides is 1. The Balaban J connectivity index is 2.52. The molecule has 1 N–H and O–H groups in total. The fraction of sp³-hybridized carbons (Fsp3) is 0.500. The van der Waals surface area contributed by atoms with Gasteiger partial charge in [-0.1, -0.05) is 25.5 Å². The Hall–Kier alpha value is -1.47. The first-order chi connectivity index (χ1) is 9.82. The zero-order valence-electron chi connectivity index (χ0n) is 12.3. The molecule has 1 rings (SSSR count). The van der Waals surface area contributed by atoms with Crippen LogP contribution in [-0.4, -0.2) is 38.0 Å². The van der Waals surface area contributed by atoms with Crippen LogP contribution in [0.2, 0.25) is 0 Å². The summed E-state index contributed by atoms with van der Waals surface area (Å²) in [4.78, 5) is 11.8. The molecule has 0 saturated carbocycles. The second-order valence-electron chi connectivity index (χ2n) is 4.85. The van der Waals surface area contributed by atoms with Crippen LogP contribution < -0.4 is 5.32 Å². The number of carbonyl (C=O) groups is 1. The molecule has 5 nitrogen and oxygen atoms in total. The molecule has 7 heteroatoms. The fourth-order valence-corrected chi connectivity index (χ4v) is 2.53. The minimum absolute atomic E-state index is 0.194. The van der Waals surface area contributed by atoms with Gasteiger partial charge in [-0.25, -0.2) is 12.8 Å². The van der Waals surface area contributed by atoms with Crippen LogP contribution in [0.4, 0.5) is 4.39 Å². The van der Waals surface area contributed by atoms with Gasteiger partial charge in [-0.15, -0.1) is 0 Å². The summed E-state index contributed by atoms with van der Waals surface area (Å²) in [7, 11) is -3.40. The molecule has 0 spiro atoms. The van der Waals surface area contributed by atoms with Gasteiger partial charge in [0.15, 0.2) is 0 Å². The maximum atomic E-state index is 12.7. The van der Waals surface area contributed by atoms with Crippen molar-refractivity contribution in [3.63, 3.8) is 0 Å². The van der Waals surface area contributed by atoms with E-state index in [4.69, 9.17) is 0 Å². The molecule has 0 fully saturated rings. The summed E-state index contributed by atoms with van der Waals surface area (Å²) in [6.07, 6.45) is 2.65. The first-order valence-electron chi connectivity index (χ1n) is 6.79. The Morgan fingerprint density at radius 2 is 1.90 bits per heavy atom. The third-order valence-electron chi connectivity index (χ3n) is 2.95. The van der Waals surface area contributed by atoms with Crippen LogP contribution in [0.5, 0.6) is 0 Å². The number of hydrogen-bond acceptors (Lipinski definition) is 3. The van der Waals surface area contributed by atoms with Crippen LogP contribution in [0.15, 0.2) is 24.3 Å². The average molecular weight is 316 g/mol. The van der Waals surface area contributed by atoms with Crippen molar-refractivity contribution in [2.45, 2.75) is 26.3 Å². The Morgan fingerprint density at radius 3 is 2.43 bits per heavy atom. The first-order valence-corrected chi connectivity index (χ1v) is 8.64. The van der Waals surface area contributed by atoms with Gasteiger partial charge in [0, 0.05) is 13.1 Å². The molecule has 0 aliphatic carbocycles. The highest BCUT2D eigenvalue weighted by atomic mass is 32.2. The monoisotopic (exact) mass is 316 g/mol. The smallest absolute Gasteiger partial charge is 0.235 e. The number of nitrogens with one attached hydrogen (secondary N) is 1. The zero-order chi connectivity index (χ0) is 15.9. The third kappa shape index (κ3) is 6.68. The molecule has 0 aliphatic heterocycles. The standard InChI is InChI=1S/C14H21FN2O3S/c1-3-4-9-17(21(2,19)20)11-14(18)16-10-12-5-7-13(15)8-6-12/h5-8H,3-4,9-11H2,1-2H3,(H,16,18). The summed E-state index contributed by atoms with van der Waals surface area (Å²) in [5, 5.41) is 2.63. The maximum Gasteiger partial charge on any atom is 0.235 e. The number of carbonyl (C=O) groups excluding carboxylic acids is 1. The van der Waals surface area contributed by atoms with Crippen LogP contribution in [-0.2, 0) is 21.4 Å². The number of hydrogen-bond donors (Lipinski definition) is 1. The second kappa shape index (κ2) is 8.09. The van der Waals surface area contributed by atoms with E-state index in [-0.39, 0.29) is 24.8 Å². The topological polar surface area (TPSA) is 66.5 Å². The van der Waals surface area contributed by atoms with Crippen LogP contribution in [0, 0.1) is 5.82 Å². The lowest BCUT2D eigenvalue weighted by Gasteiger charge is -2.19. The molecule has 0 bridgehead atoms. The van der Waals surface area contributed by atoms with E-state index >= 15 is 0 Å². The van der Waals surface area contributed by atoms with E-state index in [0.717, 1.165) is 22.5 Å². The second-order valence-corrected chi connectivity index (χ2v) is 6.84. The quantitative estimate of drug-likeness (QED) is 0.790. The van der Waals surface area contributed by atoms with E-state index in [0.29, 0.717) is 13.0 Å². The molecule has 21 heavy (non-hydrogen) atoms. The van der Waals surface area contributed by atoms with Crippen molar-refractivity contribution >= 4 is 15.9 Å². The van der Waals surface area contributed by atoms with Gasteiger partial charge < -0.3 is 5.32 Å². The lowest BCUT2D eigenvalue weighted by atomic mass is 10.2. The zero-order valence-corrected chi connectivity index (χ0v) is 13.1. The van der Waals surface area contributed by atoms with Gasteiger partial charge >= 0.3 is 0 Å². The van der Waals surface area contributed by atoms with Crippen LogP contribution in [0.1, 0.15) is 25.3 Å². The van der Waals surface area contributed by atoms with Gasteiger partial charge in [0.25, 0.3) is 0 Å². The third-order valence-corrected chi connectivity index (χ3v) is 4.20. The Kier molecular flexibility index (Phi) is 6.77. The molecule has 1 aromatic carbocycles. The first kappa shape index (κ1) is 17.6. The van der Waals surface area contributed by atoms with Gasteiger partial charge in [-0.3, -0.25) is 4.79 Å². The predicted octanol–water partition coefficient (Wildman–Crippen LogP) is 1.50. The molecule has 0 aromatic heterocycles. The molecular formula is C14H21FN2O3S. The SMILES string of the molecule is CCCCN(CC(=O)NCc1ccc(F)cc1)S(C)(=O)=O. The number of amides is 1. The largest absolute Gasteiger partial charge is 0.351 e. The van der Waals surface area contributed by atoms with Crippen LogP contribution >= 0.6 is 0 Å². The maximum absolute atomic E-state index is 12.7. The number of unbranched alkanes of at least 4 members (excludes halogenated alkanes) is 1. The summed E-state index contributed by atoms with van der Waals surface area (Å²) in [6.45, 7) is 2.33. The minimum atomic E-state index is -3.40. The highest BCUT2D eigenvalue weighted by molar-refractivity contribution is 7.88. The normalized spacial score (nSPS) is 11.6. The average Bonchev–Trinajstić information content (AvgIpc) is 2.41. The molecule has 0 radical (unpaired) electrons. The summed E-state index contributed by atoms with van der Waals surface area (Å²) in [5.41, 5.74) is 0.754. The lowest BCUT2D eigenvalue weighted by Crippen LogP contribution is -2.40. The summed E-state index contributed by atoms with van der Waals surface area (Å²) in [6, 6.07) is 5.76. The van der Waals surface area contributed by atoms with Gasteiger partial charge in [0.05, 0.1) is 12.8 Å². The molecule has 0 atom stereocenters. The van der Waals surface area contributed by atoms with Gasteiger partial charge in [-0.2, -0.15) is 4.31 Å². The van der Waals surface area contributed by atoms with Crippen molar-refractivity contribution < 1.29 is 17.6 Å². The van der Waals surface area contributed by atoms with Crippen LogP contribution in [0.25, 0.3) is 0 Å². The molecule has 0 unspecified atom stereocenters. The molecule has 118 valence electrons. The summed E-state index contributed by atoms with van der Waals surface area (Å²) >= 11 is 0. The van der Waals surface area contributed by atoms with Crippen LogP contribution in [0.3, 0.4) is 0 Å². The molecule has 0 heterocycles. The molecule has 0 saturated heterocycles. The van der Waals surface area contributed by atoms with Gasteiger partial charge in [0.1, 0.15) is 5.82 Å². The van der Waals surface area contributed by atoms with Crippen molar-refractivity contribution in [2.24, 2.45) is 0 Å². The molecule has 1 amide bonds. The van der Waals surface area contributed by atoms with Crippen molar-refractivity contribution in [1.29, 1.82) is 0 Å². The van der Waals surface area contributed by atoms with Gasteiger partial charge in [-0.05, 0) is 24.1 Å². The van der Waals surface area contributed by atoms with Crippen molar-refractivity contribution in [1.82, 2.24) is 9.62 Å². The number of nitrogens with zero attached hydrogens (tertiary/aromatic N) is 1. The Morgan fingerprint density at radius 1 is 1.29 bits per heavy atom. The summed E-state index contributed by atoms with van der Waals surface area (Å²) < 4.78 is 37.1. The fourth-order valence-electron chi connectivity index (χ4n) is 1.72. The molecule has 1 aromatic rings. The lowest BCUT2D eigenvalue weighted by molar-refractivity contribution is -0.121. The molecule has 0 aliphatic rings. The van der Waals surface area contributed by atoms with E-state index < -0.39 is 10.0 Å². The van der Waals surface area contributed by atoms with Gasteiger partial charge in [0.2, 0.25) is 15.9 Å². The van der Waals surface area contributed by atoms with E-state index in [1.54, 1.807) is 12.1 Å². The van der Waals surface area contributed by atoms with Crippen molar-refractivity contribution in [2.75, 3.05) is 19.3 Å². The number of benzene rings is 1. The summed E-state index contributed by atoms with van der Waals surface area (Å²) in [5.74, 6) is -0.714. The van der Waals surface area contributed by atoms with Crippen molar-refractivity contribution in [3.8, 4) is 0 Å². The van der Waals surface area contributed by atoms with Crippen molar-refractivity contribution in [3.05, 3.63) is 35.6 Å². The Labute approximate surface area is 125 Å². The number of rotatable bonds is 8. The molecular weight excluding hydrogens is 295 g/mol. The van der Waals surface area contributed by atoms with E-state index in [2.05, 4.69) is 5.32 Å². The Bertz CT molecular complexity index is 558. The van der Waals surface area contributed by atoms with E-state index in [9.17, 15) is 17.6 Å². The van der Waals surface area contributed by atoms with E-state index in [1.807, 2.05) is 6.92 Å². The predicted molar refractivity (Wildman–Crippen MR) is 79.6 cm³/mol. The highest BCUT2D eigenvalue weighted by Crippen LogP contribution is 2.03. The highest BCUT2D eigenvalue weighted by Gasteiger charge is 2.19.